The molecule has 2 aromatic heterocycles. The topological polar surface area (TPSA) is 76.4 Å². The Labute approximate surface area is 202 Å². The third-order valence-corrected chi connectivity index (χ3v) is 6.29. The fourth-order valence-electron chi connectivity index (χ4n) is 4.17. The number of halogens is 1. The highest BCUT2D eigenvalue weighted by Gasteiger charge is 2.26. The van der Waals surface area contributed by atoms with Crippen LogP contribution < -0.4 is 4.90 Å². The lowest BCUT2D eigenvalue weighted by molar-refractivity contribution is 0.0746. The van der Waals surface area contributed by atoms with Crippen molar-refractivity contribution in [1.29, 1.82) is 0 Å². The van der Waals surface area contributed by atoms with E-state index in [2.05, 4.69) is 10.00 Å². The Morgan fingerprint density at radius 1 is 1.03 bits per heavy atom. The van der Waals surface area contributed by atoms with Crippen molar-refractivity contribution in [1.82, 2.24) is 24.6 Å². The van der Waals surface area contributed by atoms with Crippen LogP contribution in [0, 0.1) is 6.92 Å². The molecule has 0 aliphatic carbocycles. The third-order valence-electron chi connectivity index (χ3n) is 5.97. The van der Waals surface area contributed by atoms with Crippen LogP contribution in [0.25, 0.3) is 16.7 Å². The zero-order valence-corrected chi connectivity index (χ0v) is 19.9. The fourth-order valence-corrected chi connectivity index (χ4v) is 4.39. The van der Waals surface area contributed by atoms with Crippen LogP contribution in [0.1, 0.15) is 21.7 Å². The number of nitrogens with zero attached hydrogens (tertiary/aromatic N) is 6. The summed E-state index contributed by atoms with van der Waals surface area (Å²) in [6.45, 7) is 4.83. The van der Waals surface area contributed by atoms with Gasteiger partial charge in [0.1, 0.15) is 12.4 Å². The number of amides is 1. The Morgan fingerprint density at radius 2 is 1.76 bits per heavy atom. The SMILES string of the molecule is COCc1nc(N2CCN(C(=O)c3ccc(C)cc3)CC2)c2cnn(-c3ccccc3Cl)c2n1. The van der Waals surface area contributed by atoms with Crippen molar-refractivity contribution in [2.45, 2.75) is 13.5 Å². The predicted octanol–water partition coefficient (Wildman–Crippen LogP) is 3.89. The lowest BCUT2D eigenvalue weighted by atomic mass is 10.1. The minimum absolute atomic E-state index is 0.0547. The van der Waals surface area contributed by atoms with Crippen LogP contribution in [0.3, 0.4) is 0 Å². The molecule has 1 aliphatic rings. The molecule has 0 unspecified atom stereocenters. The quantitative estimate of drug-likeness (QED) is 0.435. The first-order valence-corrected chi connectivity index (χ1v) is 11.5. The van der Waals surface area contributed by atoms with E-state index in [9.17, 15) is 4.79 Å². The highest BCUT2D eigenvalue weighted by Crippen LogP contribution is 2.29. The molecule has 0 saturated carbocycles. The van der Waals surface area contributed by atoms with Crippen LogP contribution >= 0.6 is 11.6 Å². The molecule has 8 nitrogen and oxygen atoms in total. The third kappa shape index (κ3) is 4.22. The van der Waals surface area contributed by atoms with Crippen molar-refractivity contribution in [2.24, 2.45) is 0 Å². The van der Waals surface area contributed by atoms with Crippen LogP contribution in [0.5, 0.6) is 0 Å². The largest absolute Gasteiger partial charge is 0.377 e. The summed E-state index contributed by atoms with van der Waals surface area (Å²) >= 11 is 6.43. The molecule has 9 heteroatoms. The van der Waals surface area contributed by atoms with Gasteiger partial charge in [0.25, 0.3) is 5.91 Å². The Balaban J connectivity index is 1.44. The molecular formula is C25H25ClN6O2. The number of methoxy groups -OCH3 is 1. The molecule has 1 aliphatic heterocycles. The summed E-state index contributed by atoms with van der Waals surface area (Å²) in [6.07, 6.45) is 1.77. The van der Waals surface area contributed by atoms with E-state index in [1.54, 1.807) is 18.0 Å². The number of aromatic nitrogens is 4. The normalized spacial score (nSPS) is 14.1. The minimum Gasteiger partial charge on any atom is -0.377 e. The molecule has 34 heavy (non-hydrogen) atoms. The van der Waals surface area contributed by atoms with E-state index in [1.165, 1.54) is 0 Å². The molecule has 1 fully saturated rings. The number of benzene rings is 2. The minimum atomic E-state index is 0.0547. The predicted molar refractivity (Wildman–Crippen MR) is 132 cm³/mol. The zero-order chi connectivity index (χ0) is 23.7. The van der Waals surface area contributed by atoms with E-state index < -0.39 is 0 Å². The van der Waals surface area contributed by atoms with Crippen LogP contribution in [-0.4, -0.2) is 63.8 Å². The number of hydrogen-bond acceptors (Lipinski definition) is 6. The molecule has 0 spiro atoms. The molecule has 0 atom stereocenters. The number of para-hydroxylation sites is 1. The Kier molecular flexibility index (Phi) is 6.17. The van der Waals surface area contributed by atoms with Crippen molar-refractivity contribution >= 4 is 34.4 Å². The maximum atomic E-state index is 12.9. The number of carbonyl (C=O) groups is 1. The van der Waals surface area contributed by atoms with Gasteiger partial charge in [-0.1, -0.05) is 41.4 Å². The van der Waals surface area contributed by atoms with Gasteiger partial charge in [0.2, 0.25) is 0 Å². The lowest BCUT2D eigenvalue weighted by Crippen LogP contribution is -2.49. The van der Waals surface area contributed by atoms with Crippen LogP contribution in [0.2, 0.25) is 5.02 Å². The fraction of sp³-hybridized carbons (Fsp3) is 0.280. The molecule has 1 saturated heterocycles. The van der Waals surface area contributed by atoms with Gasteiger partial charge in [-0.15, -0.1) is 0 Å². The smallest absolute Gasteiger partial charge is 0.253 e. The average Bonchev–Trinajstić information content (AvgIpc) is 3.28. The van der Waals surface area contributed by atoms with Gasteiger partial charge in [0.15, 0.2) is 11.5 Å². The molecule has 3 heterocycles. The first-order valence-electron chi connectivity index (χ1n) is 11.1. The van der Waals surface area contributed by atoms with E-state index in [4.69, 9.17) is 26.3 Å². The average molecular weight is 477 g/mol. The summed E-state index contributed by atoms with van der Waals surface area (Å²) in [5.74, 6) is 1.41. The highest BCUT2D eigenvalue weighted by atomic mass is 35.5. The van der Waals surface area contributed by atoms with Crippen LogP contribution in [0.15, 0.2) is 54.7 Å². The molecule has 2 aromatic carbocycles. The first-order chi connectivity index (χ1) is 16.5. The van der Waals surface area contributed by atoms with Crippen molar-refractivity contribution < 1.29 is 9.53 Å². The maximum Gasteiger partial charge on any atom is 0.253 e. The molecule has 0 radical (unpaired) electrons. The molecule has 1 amide bonds. The maximum absolute atomic E-state index is 12.9. The Morgan fingerprint density at radius 3 is 2.47 bits per heavy atom. The van der Waals surface area contributed by atoms with Crippen LogP contribution in [-0.2, 0) is 11.3 Å². The number of piperazine rings is 1. The van der Waals surface area contributed by atoms with Crippen molar-refractivity contribution in [2.75, 3.05) is 38.2 Å². The highest BCUT2D eigenvalue weighted by molar-refractivity contribution is 6.32. The van der Waals surface area contributed by atoms with Gasteiger partial charge in [0.05, 0.1) is 22.3 Å². The molecule has 174 valence electrons. The molecule has 0 N–H and O–H groups in total. The summed E-state index contributed by atoms with van der Waals surface area (Å²) in [7, 11) is 1.62. The number of anilines is 1. The molecule has 5 rings (SSSR count). The van der Waals surface area contributed by atoms with E-state index in [0.29, 0.717) is 48.2 Å². The van der Waals surface area contributed by atoms with Crippen LogP contribution in [0.4, 0.5) is 5.82 Å². The van der Waals surface area contributed by atoms with Crippen molar-refractivity contribution in [3.05, 3.63) is 76.7 Å². The number of aryl methyl sites for hydroxylation is 1. The monoisotopic (exact) mass is 476 g/mol. The van der Waals surface area contributed by atoms with Crippen molar-refractivity contribution in [3.8, 4) is 5.69 Å². The number of carbonyl (C=O) groups excluding carboxylic acids is 1. The number of ether oxygens (including phenoxy) is 1. The Bertz CT molecular complexity index is 1330. The van der Waals surface area contributed by atoms with Crippen molar-refractivity contribution in [3.63, 3.8) is 0 Å². The van der Waals surface area contributed by atoms with Gasteiger partial charge >= 0.3 is 0 Å². The summed E-state index contributed by atoms with van der Waals surface area (Å²) in [5, 5.41) is 5.99. The summed E-state index contributed by atoms with van der Waals surface area (Å²) in [4.78, 5) is 26.5. The molecule has 0 bridgehead atoms. The van der Waals surface area contributed by atoms with Gasteiger partial charge in [-0.2, -0.15) is 5.10 Å². The summed E-state index contributed by atoms with van der Waals surface area (Å²) in [6, 6.07) is 15.2. The zero-order valence-electron chi connectivity index (χ0n) is 19.1. The second-order valence-electron chi connectivity index (χ2n) is 8.29. The van der Waals surface area contributed by atoms with Gasteiger partial charge in [-0.3, -0.25) is 4.79 Å². The standard InChI is InChI=1S/C25H25ClN6O2/c1-17-7-9-18(10-8-17)25(33)31-13-11-30(12-14-31)23-19-15-27-32(21-6-4-3-5-20(21)26)24(19)29-22(28-23)16-34-2/h3-10,15H,11-14,16H2,1-2H3. The number of hydrogen-bond donors (Lipinski definition) is 0. The Hall–Kier alpha value is -3.49. The van der Waals surface area contributed by atoms with Gasteiger partial charge in [-0.25, -0.2) is 14.6 Å². The first kappa shape index (κ1) is 22.3. The van der Waals surface area contributed by atoms with E-state index in [0.717, 1.165) is 22.5 Å². The lowest BCUT2D eigenvalue weighted by Gasteiger charge is -2.35. The number of rotatable bonds is 5. The van der Waals surface area contributed by atoms with E-state index in [-0.39, 0.29) is 12.5 Å². The van der Waals surface area contributed by atoms with Gasteiger partial charge in [-0.05, 0) is 31.2 Å². The second-order valence-corrected chi connectivity index (χ2v) is 8.69. The number of fused-ring (bicyclic) bond motifs is 1. The van der Waals surface area contributed by atoms with Gasteiger partial charge < -0.3 is 14.5 Å². The summed E-state index contributed by atoms with van der Waals surface area (Å²) in [5.41, 5.74) is 3.27. The van der Waals surface area contributed by atoms with E-state index >= 15 is 0 Å². The second kappa shape index (κ2) is 9.40. The molecular weight excluding hydrogens is 452 g/mol. The van der Waals surface area contributed by atoms with Gasteiger partial charge in [0, 0.05) is 38.9 Å². The van der Waals surface area contributed by atoms with E-state index in [1.807, 2.05) is 60.4 Å². The molecule has 4 aromatic rings. The summed E-state index contributed by atoms with van der Waals surface area (Å²) < 4.78 is 7.05.